The highest BCUT2D eigenvalue weighted by molar-refractivity contribution is 7.89. The van der Waals surface area contributed by atoms with Crippen molar-refractivity contribution in [1.82, 2.24) is 9.29 Å². The fraction of sp³-hybridized carbons (Fsp3) is 0.583. The molecule has 1 fully saturated rings. The van der Waals surface area contributed by atoms with Crippen LogP contribution >= 0.6 is 0 Å². The standard InChI is InChI=1S/C12H19N3O2S/c1-15(11-6-4-10(13)5-7-11)18(16,17)12-3-2-8-14-9-12/h2-3,8-11H,4-7,13H2,1H3/t10-,11-. The lowest BCUT2D eigenvalue weighted by Crippen LogP contribution is -2.41. The predicted octanol–water partition coefficient (Wildman–Crippen LogP) is 0.972. The molecule has 1 saturated carbocycles. The molecule has 2 N–H and O–H groups in total. The lowest BCUT2D eigenvalue weighted by Gasteiger charge is -2.32. The summed E-state index contributed by atoms with van der Waals surface area (Å²) >= 11 is 0. The summed E-state index contributed by atoms with van der Waals surface area (Å²) in [4.78, 5) is 4.12. The summed E-state index contributed by atoms with van der Waals surface area (Å²) in [6.45, 7) is 0. The molecule has 1 heterocycles. The number of hydrogen-bond donors (Lipinski definition) is 1. The van der Waals surface area contributed by atoms with Crippen LogP contribution in [-0.4, -0.2) is 36.8 Å². The minimum Gasteiger partial charge on any atom is -0.328 e. The summed E-state index contributed by atoms with van der Waals surface area (Å²) < 4.78 is 26.2. The first-order chi connectivity index (χ1) is 8.51. The Morgan fingerprint density at radius 3 is 2.56 bits per heavy atom. The van der Waals surface area contributed by atoms with Gasteiger partial charge in [-0.3, -0.25) is 4.98 Å². The Balaban J connectivity index is 2.15. The Bertz CT molecular complexity index is 481. The monoisotopic (exact) mass is 269 g/mol. The molecule has 0 aliphatic heterocycles. The van der Waals surface area contributed by atoms with Crippen molar-refractivity contribution in [2.75, 3.05) is 7.05 Å². The van der Waals surface area contributed by atoms with Gasteiger partial charge < -0.3 is 5.73 Å². The van der Waals surface area contributed by atoms with Gasteiger partial charge in [-0.15, -0.1) is 0 Å². The first-order valence-electron chi connectivity index (χ1n) is 6.15. The number of aromatic nitrogens is 1. The first-order valence-corrected chi connectivity index (χ1v) is 7.59. The molecule has 1 aromatic heterocycles. The van der Waals surface area contributed by atoms with Crippen LogP contribution in [0.4, 0.5) is 0 Å². The highest BCUT2D eigenvalue weighted by atomic mass is 32.2. The van der Waals surface area contributed by atoms with Gasteiger partial charge in [-0.05, 0) is 37.8 Å². The SMILES string of the molecule is CN([C@H]1CC[C@H](N)CC1)S(=O)(=O)c1cccnc1. The van der Waals surface area contributed by atoms with Gasteiger partial charge in [0.05, 0.1) is 0 Å². The minimum absolute atomic E-state index is 0.0509. The molecule has 0 saturated heterocycles. The fourth-order valence-corrected chi connectivity index (χ4v) is 3.71. The van der Waals surface area contributed by atoms with E-state index < -0.39 is 10.0 Å². The Morgan fingerprint density at radius 2 is 2.00 bits per heavy atom. The number of nitrogens with zero attached hydrogens (tertiary/aromatic N) is 2. The number of nitrogens with two attached hydrogens (primary N) is 1. The Hall–Kier alpha value is -0.980. The van der Waals surface area contributed by atoms with Crippen LogP contribution in [0.25, 0.3) is 0 Å². The summed E-state index contributed by atoms with van der Waals surface area (Å²) in [5.41, 5.74) is 5.84. The van der Waals surface area contributed by atoms with Crippen molar-refractivity contribution < 1.29 is 8.42 Å². The summed E-state index contributed by atoms with van der Waals surface area (Å²) in [6.07, 6.45) is 6.39. The number of pyridine rings is 1. The third-order valence-electron chi connectivity index (χ3n) is 3.57. The molecule has 100 valence electrons. The third kappa shape index (κ3) is 2.71. The molecule has 0 amide bonds. The van der Waals surface area contributed by atoms with Gasteiger partial charge in [-0.2, -0.15) is 4.31 Å². The molecule has 5 nitrogen and oxygen atoms in total. The zero-order valence-corrected chi connectivity index (χ0v) is 11.3. The van der Waals surface area contributed by atoms with Crippen LogP contribution in [0.2, 0.25) is 0 Å². The van der Waals surface area contributed by atoms with Crippen LogP contribution in [0, 0.1) is 0 Å². The average molecular weight is 269 g/mol. The topological polar surface area (TPSA) is 76.3 Å². The molecular formula is C12H19N3O2S. The van der Waals surface area contributed by atoms with Crippen LogP contribution in [0.3, 0.4) is 0 Å². The molecule has 0 unspecified atom stereocenters. The first kappa shape index (κ1) is 13.5. The average Bonchev–Trinajstić information content (AvgIpc) is 2.40. The normalized spacial score (nSPS) is 25.3. The van der Waals surface area contributed by atoms with Crippen molar-refractivity contribution in [2.45, 2.75) is 42.7 Å². The summed E-state index contributed by atoms with van der Waals surface area (Å²) in [5, 5.41) is 0. The van der Waals surface area contributed by atoms with E-state index in [4.69, 9.17) is 5.73 Å². The lowest BCUT2D eigenvalue weighted by molar-refractivity contribution is 0.268. The largest absolute Gasteiger partial charge is 0.328 e. The Morgan fingerprint density at radius 1 is 1.33 bits per heavy atom. The van der Waals surface area contributed by atoms with Crippen LogP contribution < -0.4 is 5.73 Å². The Labute approximate surface area is 108 Å². The smallest absolute Gasteiger partial charge is 0.244 e. The minimum atomic E-state index is -3.43. The van der Waals surface area contributed by atoms with Gasteiger partial charge in [0.2, 0.25) is 10.0 Å². The van der Waals surface area contributed by atoms with E-state index in [1.54, 1.807) is 25.4 Å². The molecule has 6 heteroatoms. The van der Waals surface area contributed by atoms with Gasteiger partial charge in [0.15, 0.2) is 0 Å². The maximum atomic E-state index is 12.4. The third-order valence-corrected chi connectivity index (χ3v) is 5.46. The maximum Gasteiger partial charge on any atom is 0.244 e. The predicted molar refractivity (Wildman–Crippen MR) is 69.4 cm³/mol. The van der Waals surface area contributed by atoms with Crippen molar-refractivity contribution in [2.24, 2.45) is 5.73 Å². The highest BCUT2D eigenvalue weighted by Gasteiger charge is 2.30. The lowest BCUT2D eigenvalue weighted by atomic mass is 9.92. The van der Waals surface area contributed by atoms with E-state index in [1.165, 1.54) is 10.5 Å². The molecule has 18 heavy (non-hydrogen) atoms. The van der Waals surface area contributed by atoms with Crippen molar-refractivity contribution >= 4 is 10.0 Å². The van der Waals surface area contributed by atoms with E-state index in [0.29, 0.717) is 0 Å². The molecule has 0 aromatic carbocycles. The summed E-state index contributed by atoms with van der Waals surface area (Å²) in [5.74, 6) is 0. The highest BCUT2D eigenvalue weighted by Crippen LogP contribution is 2.25. The number of rotatable bonds is 3. The molecule has 2 rings (SSSR count). The zero-order valence-electron chi connectivity index (χ0n) is 10.5. The van der Waals surface area contributed by atoms with E-state index in [0.717, 1.165) is 25.7 Å². The molecule has 0 radical (unpaired) electrons. The van der Waals surface area contributed by atoms with E-state index >= 15 is 0 Å². The molecule has 0 atom stereocenters. The van der Waals surface area contributed by atoms with Gasteiger partial charge in [-0.25, -0.2) is 8.42 Å². The second kappa shape index (κ2) is 5.34. The van der Waals surface area contributed by atoms with Crippen LogP contribution in [0.15, 0.2) is 29.4 Å². The van der Waals surface area contributed by atoms with E-state index in [2.05, 4.69) is 4.98 Å². The zero-order chi connectivity index (χ0) is 13.2. The number of hydrogen-bond acceptors (Lipinski definition) is 4. The van der Waals surface area contributed by atoms with E-state index in [-0.39, 0.29) is 17.0 Å². The quantitative estimate of drug-likeness (QED) is 0.887. The summed E-state index contributed by atoms with van der Waals surface area (Å²) in [6, 6.07) is 3.48. The van der Waals surface area contributed by atoms with Crippen molar-refractivity contribution in [3.63, 3.8) is 0 Å². The number of sulfonamides is 1. The maximum absolute atomic E-state index is 12.4. The van der Waals surface area contributed by atoms with Crippen LogP contribution in [-0.2, 0) is 10.0 Å². The molecule has 1 aliphatic rings. The van der Waals surface area contributed by atoms with Crippen molar-refractivity contribution in [3.05, 3.63) is 24.5 Å². The summed E-state index contributed by atoms with van der Waals surface area (Å²) in [7, 11) is -1.78. The Kier molecular flexibility index (Phi) is 3.99. The van der Waals surface area contributed by atoms with Crippen LogP contribution in [0.5, 0.6) is 0 Å². The van der Waals surface area contributed by atoms with Gasteiger partial charge in [-0.1, -0.05) is 0 Å². The second-order valence-electron chi connectivity index (χ2n) is 4.78. The molecular weight excluding hydrogens is 250 g/mol. The van der Waals surface area contributed by atoms with Crippen molar-refractivity contribution in [1.29, 1.82) is 0 Å². The van der Waals surface area contributed by atoms with E-state index in [1.807, 2.05) is 0 Å². The van der Waals surface area contributed by atoms with Gasteiger partial charge >= 0.3 is 0 Å². The van der Waals surface area contributed by atoms with Crippen LogP contribution in [0.1, 0.15) is 25.7 Å². The second-order valence-corrected chi connectivity index (χ2v) is 6.78. The van der Waals surface area contributed by atoms with E-state index in [9.17, 15) is 8.42 Å². The molecule has 1 aliphatic carbocycles. The van der Waals surface area contributed by atoms with Gasteiger partial charge in [0, 0.05) is 31.5 Å². The fourth-order valence-electron chi connectivity index (χ4n) is 2.33. The molecule has 0 spiro atoms. The van der Waals surface area contributed by atoms with Gasteiger partial charge in [0.1, 0.15) is 4.90 Å². The molecule has 0 bridgehead atoms. The van der Waals surface area contributed by atoms with Crippen molar-refractivity contribution in [3.8, 4) is 0 Å². The van der Waals surface area contributed by atoms with Gasteiger partial charge in [0.25, 0.3) is 0 Å². The molecule has 1 aromatic rings.